The van der Waals surface area contributed by atoms with E-state index in [0.29, 0.717) is 0 Å². The van der Waals surface area contributed by atoms with Crippen LogP contribution in [0.2, 0.25) is 0 Å². The zero-order valence-electron chi connectivity index (χ0n) is 9.47. The molecule has 0 bridgehead atoms. The molecule has 1 nitrogen and oxygen atoms in total. The Hall–Kier alpha value is -0.0400. The Morgan fingerprint density at radius 2 is 1.85 bits per heavy atom. The van der Waals surface area contributed by atoms with Crippen LogP contribution in [0, 0.1) is 11.8 Å². The molecule has 1 saturated carbocycles. The van der Waals surface area contributed by atoms with Crippen molar-refractivity contribution in [1.29, 1.82) is 0 Å². The fourth-order valence-electron chi connectivity index (χ4n) is 2.16. The van der Waals surface area contributed by atoms with Crippen LogP contribution in [0.5, 0.6) is 0 Å². The lowest BCUT2D eigenvalue weighted by molar-refractivity contribution is 0.355. The van der Waals surface area contributed by atoms with Crippen LogP contribution in [0.3, 0.4) is 0 Å². The first-order chi connectivity index (χ1) is 6.24. The van der Waals surface area contributed by atoms with Crippen molar-refractivity contribution in [3.05, 3.63) is 0 Å². The third-order valence-corrected chi connectivity index (χ3v) is 3.59. The summed E-state index contributed by atoms with van der Waals surface area (Å²) in [6.07, 6.45) is 7.12. The first-order valence-electron chi connectivity index (χ1n) is 5.97. The van der Waals surface area contributed by atoms with Crippen LogP contribution in [0.4, 0.5) is 0 Å². The second kappa shape index (κ2) is 5.64. The van der Waals surface area contributed by atoms with Crippen LogP contribution in [-0.4, -0.2) is 12.6 Å². The third-order valence-electron chi connectivity index (χ3n) is 3.59. The van der Waals surface area contributed by atoms with Gasteiger partial charge in [-0.1, -0.05) is 33.1 Å². The lowest BCUT2D eigenvalue weighted by Gasteiger charge is -2.22. The van der Waals surface area contributed by atoms with E-state index < -0.39 is 0 Å². The maximum atomic E-state index is 3.68. The second-order valence-electron chi connectivity index (χ2n) is 4.75. The quantitative estimate of drug-likeness (QED) is 0.690. The number of hydrogen-bond acceptors (Lipinski definition) is 1. The van der Waals surface area contributed by atoms with E-state index in [1.165, 1.54) is 38.6 Å². The van der Waals surface area contributed by atoms with Gasteiger partial charge in [0.15, 0.2) is 0 Å². The van der Waals surface area contributed by atoms with Gasteiger partial charge in [0, 0.05) is 6.04 Å². The fourth-order valence-corrected chi connectivity index (χ4v) is 2.16. The van der Waals surface area contributed by atoms with Crippen LogP contribution in [0.25, 0.3) is 0 Å². The zero-order chi connectivity index (χ0) is 9.68. The SMILES string of the molecule is CCC(C)CN[C@@H](C)C1CCCC1. The van der Waals surface area contributed by atoms with Crippen LogP contribution in [-0.2, 0) is 0 Å². The molecule has 13 heavy (non-hydrogen) atoms. The predicted octanol–water partition coefficient (Wildman–Crippen LogP) is 3.20. The summed E-state index contributed by atoms with van der Waals surface area (Å²) in [5.74, 6) is 1.80. The molecule has 0 aromatic rings. The molecule has 0 aromatic heterocycles. The molecule has 2 atom stereocenters. The van der Waals surface area contributed by atoms with Crippen molar-refractivity contribution in [2.45, 2.75) is 58.9 Å². The van der Waals surface area contributed by atoms with E-state index in [4.69, 9.17) is 0 Å². The Labute approximate surface area is 83.3 Å². The van der Waals surface area contributed by atoms with E-state index in [-0.39, 0.29) is 0 Å². The molecule has 1 aliphatic rings. The Morgan fingerprint density at radius 3 is 2.38 bits per heavy atom. The van der Waals surface area contributed by atoms with Crippen molar-refractivity contribution >= 4 is 0 Å². The molecule has 1 unspecified atom stereocenters. The molecular weight excluding hydrogens is 158 g/mol. The molecule has 0 amide bonds. The number of hydrogen-bond donors (Lipinski definition) is 1. The summed E-state index contributed by atoms with van der Waals surface area (Å²) in [4.78, 5) is 0. The van der Waals surface area contributed by atoms with Gasteiger partial charge in [0.05, 0.1) is 0 Å². The lowest BCUT2D eigenvalue weighted by Crippen LogP contribution is -2.35. The topological polar surface area (TPSA) is 12.0 Å². The molecule has 1 rings (SSSR count). The molecule has 0 heterocycles. The molecular formula is C12H25N. The summed E-state index contributed by atoms with van der Waals surface area (Å²) < 4.78 is 0. The third kappa shape index (κ3) is 3.68. The molecule has 1 aliphatic carbocycles. The highest BCUT2D eigenvalue weighted by Crippen LogP contribution is 2.27. The van der Waals surface area contributed by atoms with Crippen molar-refractivity contribution in [2.75, 3.05) is 6.54 Å². The van der Waals surface area contributed by atoms with Gasteiger partial charge in [-0.3, -0.25) is 0 Å². The van der Waals surface area contributed by atoms with Crippen molar-refractivity contribution < 1.29 is 0 Å². The molecule has 0 spiro atoms. The Balaban J connectivity index is 2.12. The Kier molecular flexibility index (Phi) is 4.79. The average molecular weight is 183 g/mol. The van der Waals surface area contributed by atoms with Crippen molar-refractivity contribution in [3.8, 4) is 0 Å². The first kappa shape index (κ1) is 11.0. The molecule has 0 saturated heterocycles. The van der Waals surface area contributed by atoms with Crippen LogP contribution in [0.15, 0.2) is 0 Å². The Morgan fingerprint density at radius 1 is 1.23 bits per heavy atom. The van der Waals surface area contributed by atoms with E-state index in [9.17, 15) is 0 Å². The van der Waals surface area contributed by atoms with Crippen LogP contribution < -0.4 is 5.32 Å². The normalized spacial score (nSPS) is 23.3. The molecule has 1 fully saturated rings. The highest BCUT2D eigenvalue weighted by molar-refractivity contribution is 4.77. The largest absolute Gasteiger partial charge is 0.314 e. The van der Waals surface area contributed by atoms with Gasteiger partial charge < -0.3 is 5.32 Å². The van der Waals surface area contributed by atoms with Crippen molar-refractivity contribution in [1.82, 2.24) is 5.32 Å². The summed E-state index contributed by atoms with van der Waals surface area (Å²) >= 11 is 0. The van der Waals surface area contributed by atoms with E-state index in [1.54, 1.807) is 0 Å². The van der Waals surface area contributed by atoms with Gasteiger partial charge >= 0.3 is 0 Å². The van der Waals surface area contributed by atoms with Gasteiger partial charge in [-0.15, -0.1) is 0 Å². The van der Waals surface area contributed by atoms with Gasteiger partial charge in [-0.2, -0.15) is 0 Å². The Bertz CT molecular complexity index is 127. The average Bonchev–Trinajstić information content (AvgIpc) is 2.66. The second-order valence-corrected chi connectivity index (χ2v) is 4.75. The summed E-state index contributed by atoms with van der Waals surface area (Å²) in [6, 6.07) is 0.747. The van der Waals surface area contributed by atoms with Gasteiger partial charge in [-0.25, -0.2) is 0 Å². The van der Waals surface area contributed by atoms with Gasteiger partial charge in [0.2, 0.25) is 0 Å². The monoisotopic (exact) mass is 183 g/mol. The first-order valence-corrected chi connectivity index (χ1v) is 5.97. The molecule has 1 heteroatoms. The minimum absolute atomic E-state index is 0.747. The van der Waals surface area contributed by atoms with E-state index in [0.717, 1.165) is 17.9 Å². The minimum atomic E-state index is 0.747. The van der Waals surface area contributed by atoms with Crippen LogP contribution >= 0.6 is 0 Å². The van der Waals surface area contributed by atoms with Crippen molar-refractivity contribution in [3.63, 3.8) is 0 Å². The fraction of sp³-hybridized carbons (Fsp3) is 1.00. The number of rotatable bonds is 5. The van der Waals surface area contributed by atoms with E-state index in [1.807, 2.05) is 0 Å². The summed E-state index contributed by atoms with van der Waals surface area (Å²) in [7, 11) is 0. The molecule has 78 valence electrons. The molecule has 1 N–H and O–H groups in total. The maximum Gasteiger partial charge on any atom is 0.00671 e. The smallest absolute Gasteiger partial charge is 0.00671 e. The zero-order valence-corrected chi connectivity index (χ0v) is 9.47. The summed E-state index contributed by atoms with van der Waals surface area (Å²) in [5.41, 5.74) is 0. The predicted molar refractivity (Wildman–Crippen MR) is 58.9 cm³/mol. The van der Waals surface area contributed by atoms with Crippen molar-refractivity contribution in [2.24, 2.45) is 11.8 Å². The highest BCUT2D eigenvalue weighted by Gasteiger charge is 2.20. The lowest BCUT2D eigenvalue weighted by atomic mass is 9.99. The van der Waals surface area contributed by atoms with E-state index >= 15 is 0 Å². The van der Waals surface area contributed by atoms with Crippen LogP contribution in [0.1, 0.15) is 52.9 Å². The highest BCUT2D eigenvalue weighted by atomic mass is 14.9. The minimum Gasteiger partial charge on any atom is -0.314 e. The van der Waals surface area contributed by atoms with E-state index in [2.05, 4.69) is 26.1 Å². The standard InChI is InChI=1S/C12H25N/c1-4-10(2)9-13-11(3)12-7-5-6-8-12/h10-13H,4-9H2,1-3H3/t10?,11-/m0/s1. The molecule has 0 radical (unpaired) electrons. The molecule has 0 aliphatic heterocycles. The number of nitrogens with one attached hydrogen (secondary N) is 1. The summed E-state index contributed by atoms with van der Waals surface area (Å²) in [5, 5.41) is 3.68. The van der Waals surface area contributed by atoms with Gasteiger partial charge in [0.25, 0.3) is 0 Å². The van der Waals surface area contributed by atoms with Gasteiger partial charge in [-0.05, 0) is 38.1 Å². The summed E-state index contributed by atoms with van der Waals surface area (Å²) in [6.45, 7) is 8.16. The van der Waals surface area contributed by atoms with Gasteiger partial charge in [0.1, 0.15) is 0 Å². The molecule has 0 aromatic carbocycles. The maximum absolute atomic E-state index is 3.68.